The van der Waals surface area contributed by atoms with Crippen molar-refractivity contribution in [2.45, 2.75) is 33.1 Å². The summed E-state index contributed by atoms with van der Waals surface area (Å²) in [4.78, 5) is 35.8. The third-order valence-electron chi connectivity index (χ3n) is 4.71. The fourth-order valence-corrected chi connectivity index (χ4v) is 3.81. The fraction of sp³-hybridized carbons (Fsp3) is 0.217. The van der Waals surface area contributed by atoms with E-state index in [0.29, 0.717) is 22.5 Å². The summed E-state index contributed by atoms with van der Waals surface area (Å²) in [5.41, 5.74) is 3.51. The van der Waals surface area contributed by atoms with Gasteiger partial charge < -0.3 is 9.73 Å². The van der Waals surface area contributed by atoms with Crippen molar-refractivity contribution in [3.05, 3.63) is 74.7 Å². The molecule has 9 heteroatoms. The number of guanidine groups is 1. The first kappa shape index (κ1) is 21.5. The Labute approximate surface area is 188 Å². The van der Waals surface area contributed by atoms with E-state index in [1.165, 1.54) is 11.3 Å². The molecule has 0 aliphatic carbocycles. The van der Waals surface area contributed by atoms with Crippen LogP contribution >= 0.6 is 11.3 Å². The number of thiazole rings is 1. The molecule has 0 radical (unpaired) electrons. The first-order valence-corrected chi connectivity index (χ1v) is 10.9. The van der Waals surface area contributed by atoms with Crippen molar-refractivity contribution < 1.29 is 9.21 Å². The van der Waals surface area contributed by atoms with Gasteiger partial charge in [-0.3, -0.25) is 15.1 Å². The van der Waals surface area contributed by atoms with E-state index in [0.717, 1.165) is 16.3 Å². The number of H-pyrrole nitrogens is 1. The minimum Gasteiger partial charge on any atom is -0.408 e. The summed E-state index contributed by atoms with van der Waals surface area (Å²) >= 11 is 1.40. The van der Waals surface area contributed by atoms with E-state index in [9.17, 15) is 9.59 Å². The molecular formula is C23H23N5O3S. The van der Waals surface area contributed by atoms with Crippen LogP contribution in [-0.4, -0.2) is 21.8 Å². The van der Waals surface area contributed by atoms with Gasteiger partial charge in [-0.25, -0.2) is 14.8 Å². The number of anilines is 1. The molecule has 0 saturated heterocycles. The Morgan fingerprint density at radius 2 is 1.97 bits per heavy atom. The Hall–Kier alpha value is -3.72. The number of aryl methyl sites for hydroxylation is 1. The number of fused-ring (bicyclic) bond motifs is 1. The molecule has 0 saturated carbocycles. The zero-order valence-electron chi connectivity index (χ0n) is 18.1. The number of hydrogen-bond donors (Lipinski definition) is 3. The number of oxazole rings is 1. The van der Waals surface area contributed by atoms with E-state index in [4.69, 9.17) is 9.41 Å². The van der Waals surface area contributed by atoms with Gasteiger partial charge in [0.25, 0.3) is 5.91 Å². The highest BCUT2D eigenvalue weighted by Gasteiger charge is 2.19. The van der Waals surface area contributed by atoms with E-state index in [1.54, 1.807) is 23.6 Å². The second-order valence-corrected chi connectivity index (χ2v) is 9.35. The first-order chi connectivity index (χ1) is 15.2. The molecule has 0 fully saturated rings. The Morgan fingerprint density at radius 1 is 1.19 bits per heavy atom. The van der Waals surface area contributed by atoms with Crippen molar-refractivity contribution in [3.63, 3.8) is 0 Å². The number of aliphatic imine (C=N–C) groups is 1. The zero-order chi connectivity index (χ0) is 22.9. The van der Waals surface area contributed by atoms with Crippen molar-refractivity contribution in [2.24, 2.45) is 4.99 Å². The van der Waals surface area contributed by atoms with Gasteiger partial charge in [-0.2, -0.15) is 0 Å². The largest absolute Gasteiger partial charge is 0.417 e. The Bertz CT molecular complexity index is 1370. The van der Waals surface area contributed by atoms with Gasteiger partial charge in [-0.15, -0.1) is 11.3 Å². The molecule has 0 aliphatic heterocycles. The average Bonchev–Trinajstić information content (AvgIpc) is 3.32. The van der Waals surface area contributed by atoms with Crippen LogP contribution in [0.15, 0.2) is 62.0 Å². The molecule has 0 atom stereocenters. The minimum atomic E-state index is -0.530. The maximum atomic E-state index is 12.8. The van der Waals surface area contributed by atoms with E-state index in [1.807, 2.05) is 31.2 Å². The molecular weight excluding hydrogens is 426 g/mol. The molecule has 164 valence electrons. The zero-order valence-corrected chi connectivity index (χ0v) is 19.0. The van der Waals surface area contributed by atoms with Gasteiger partial charge in [0, 0.05) is 17.1 Å². The number of amides is 1. The normalized spacial score (nSPS) is 12.2. The Morgan fingerprint density at radius 3 is 2.69 bits per heavy atom. The number of nitrogens with one attached hydrogen (secondary N) is 3. The van der Waals surface area contributed by atoms with E-state index >= 15 is 0 Å². The monoisotopic (exact) mass is 449 g/mol. The van der Waals surface area contributed by atoms with Crippen LogP contribution < -0.4 is 16.4 Å². The number of benzene rings is 2. The van der Waals surface area contributed by atoms with Crippen molar-refractivity contribution in [3.8, 4) is 0 Å². The third kappa shape index (κ3) is 4.78. The lowest BCUT2D eigenvalue weighted by atomic mass is 9.86. The number of para-hydroxylation sites is 1. The lowest BCUT2D eigenvalue weighted by Crippen LogP contribution is -2.36. The van der Waals surface area contributed by atoms with Crippen LogP contribution in [0.2, 0.25) is 0 Å². The van der Waals surface area contributed by atoms with Crippen molar-refractivity contribution in [1.82, 2.24) is 15.3 Å². The molecule has 0 spiro atoms. The average molecular weight is 450 g/mol. The summed E-state index contributed by atoms with van der Waals surface area (Å²) in [6, 6.07) is 12.9. The number of aromatic amines is 1. The lowest BCUT2D eigenvalue weighted by molar-refractivity contribution is 0.0972. The molecule has 0 aliphatic rings. The van der Waals surface area contributed by atoms with Crippen LogP contribution in [0.25, 0.3) is 11.1 Å². The summed E-state index contributed by atoms with van der Waals surface area (Å²) in [5, 5.41) is 8.45. The molecule has 2 aromatic heterocycles. The van der Waals surface area contributed by atoms with Crippen molar-refractivity contribution in [2.75, 3.05) is 5.32 Å². The molecule has 2 aromatic carbocycles. The molecule has 32 heavy (non-hydrogen) atoms. The Kier molecular flexibility index (Phi) is 5.67. The highest BCUT2D eigenvalue weighted by Crippen LogP contribution is 2.31. The van der Waals surface area contributed by atoms with E-state index < -0.39 is 5.76 Å². The molecule has 0 unspecified atom stereocenters. The van der Waals surface area contributed by atoms with Gasteiger partial charge in [0.15, 0.2) is 5.58 Å². The molecule has 4 aromatic rings. The van der Waals surface area contributed by atoms with Crippen LogP contribution in [0, 0.1) is 6.92 Å². The molecule has 8 nitrogen and oxygen atoms in total. The number of aromatic nitrogens is 2. The Balaban J connectivity index is 1.73. The first-order valence-electron chi connectivity index (χ1n) is 10.0. The lowest BCUT2D eigenvalue weighted by Gasteiger charge is -2.21. The van der Waals surface area contributed by atoms with Crippen molar-refractivity contribution in [1.29, 1.82) is 0 Å². The minimum absolute atomic E-state index is 0.144. The second-order valence-electron chi connectivity index (χ2n) is 8.28. The fourth-order valence-electron chi connectivity index (χ4n) is 3.21. The number of carbonyl (C=O) groups is 1. The molecule has 0 bridgehead atoms. The van der Waals surface area contributed by atoms with Gasteiger partial charge in [-0.05, 0) is 36.1 Å². The van der Waals surface area contributed by atoms with Crippen molar-refractivity contribution >= 4 is 45.7 Å². The van der Waals surface area contributed by atoms with Gasteiger partial charge in [0.05, 0.1) is 16.2 Å². The topological polar surface area (TPSA) is 112 Å². The van der Waals surface area contributed by atoms with E-state index in [-0.39, 0.29) is 17.3 Å². The quantitative estimate of drug-likeness (QED) is 0.310. The maximum Gasteiger partial charge on any atom is 0.417 e. The highest BCUT2D eigenvalue weighted by molar-refractivity contribution is 7.09. The summed E-state index contributed by atoms with van der Waals surface area (Å²) in [6.07, 6.45) is 0. The molecule has 3 N–H and O–H groups in total. The summed E-state index contributed by atoms with van der Waals surface area (Å²) < 4.78 is 5.14. The molecule has 4 rings (SSSR count). The summed E-state index contributed by atoms with van der Waals surface area (Å²) in [5.74, 6) is -0.671. The molecule has 2 heterocycles. The number of carbonyl (C=O) groups excluding carboxylic acids is 1. The summed E-state index contributed by atoms with van der Waals surface area (Å²) in [6.45, 7) is 8.15. The third-order valence-corrected chi connectivity index (χ3v) is 5.49. The number of hydrogen-bond acceptors (Lipinski definition) is 6. The van der Waals surface area contributed by atoms with Crippen LogP contribution in [-0.2, 0) is 5.41 Å². The standard InChI is InChI=1S/C23H23N5O3S/c1-13-24-18(12-32-13)20(29)28-21(26-16-8-6-5-7-15(16)23(2,3)4)25-14-9-10-17-19(11-14)31-22(30)27-17/h5-12H,1-4H3,(H,27,30)(H2,25,26,28,29). The van der Waals surface area contributed by atoms with Gasteiger partial charge in [0.1, 0.15) is 5.69 Å². The van der Waals surface area contributed by atoms with Gasteiger partial charge in [0.2, 0.25) is 5.96 Å². The predicted octanol–water partition coefficient (Wildman–Crippen LogP) is 4.71. The SMILES string of the molecule is Cc1nc(C(=O)NC(=Nc2ccccc2C(C)(C)C)Nc2ccc3[nH]c(=O)oc3c2)cs1. The number of nitrogens with zero attached hydrogens (tertiary/aromatic N) is 2. The van der Waals surface area contributed by atoms with Gasteiger partial charge in [-0.1, -0.05) is 39.0 Å². The van der Waals surface area contributed by atoms with Gasteiger partial charge >= 0.3 is 5.76 Å². The van der Waals surface area contributed by atoms with E-state index in [2.05, 4.69) is 41.4 Å². The van der Waals surface area contributed by atoms with Crippen LogP contribution in [0.3, 0.4) is 0 Å². The summed E-state index contributed by atoms with van der Waals surface area (Å²) in [7, 11) is 0. The maximum absolute atomic E-state index is 12.8. The second kappa shape index (κ2) is 8.43. The predicted molar refractivity (Wildman–Crippen MR) is 127 cm³/mol. The van der Waals surface area contributed by atoms with Crippen LogP contribution in [0.1, 0.15) is 41.8 Å². The molecule has 1 amide bonds. The van der Waals surface area contributed by atoms with Crippen LogP contribution in [0.4, 0.5) is 11.4 Å². The smallest absolute Gasteiger partial charge is 0.408 e. The number of rotatable bonds is 3. The van der Waals surface area contributed by atoms with Crippen LogP contribution in [0.5, 0.6) is 0 Å². The highest BCUT2D eigenvalue weighted by atomic mass is 32.1.